The average Bonchev–Trinajstić information content (AvgIpc) is 3.43. The zero-order valence-electron chi connectivity index (χ0n) is 25.0. The minimum atomic E-state index is -3.66. The number of nitrogens with zero attached hydrogens (tertiary/aromatic N) is 5. The van der Waals surface area contributed by atoms with E-state index in [0.717, 1.165) is 11.3 Å². The third kappa shape index (κ3) is 7.89. The van der Waals surface area contributed by atoms with Crippen LogP contribution < -0.4 is 25.2 Å². The number of anilines is 2. The molecule has 0 bridgehead atoms. The van der Waals surface area contributed by atoms with E-state index < -0.39 is 54.6 Å². The predicted molar refractivity (Wildman–Crippen MR) is 160 cm³/mol. The first kappa shape index (κ1) is 33.7. The molecule has 242 valence electrons. The standard InChI is InChI=1S/C25H37N8O9PS/c1-14(2)40-22(35)15(3)30-43(42-16-10-8-7-9-11-16)39-12-17-19(34)25(4,36)23(41-17)33-13-27-18-20(28-24(26)29-21(18)33)32(5)31-44(6,37)38/h7-11,13-15,17,19,23,30-31,34,36H,12H2,1-6H3,(H2,26,28,29)/t15?,17?,19-,23?,25-,43?/m1/s1. The summed E-state index contributed by atoms with van der Waals surface area (Å²) >= 11 is 0. The van der Waals surface area contributed by atoms with Crippen molar-refractivity contribution in [3.8, 4) is 5.75 Å². The molecular weight excluding hydrogens is 619 g/mol. The average molecular weight is 657 g/mol. The number of aromatic nitrogens is 4. The van der Waals surface area contributed by atoms with Crippen molar-refractivity contribution in [3.63, 3.8) is 0 Å². The minimum absolute atomic E-state index is 0.0506. The second kappa shape index (κ2) is 13.4. The molecule has 0 spiro atoms. The Morgan fingerprint density at radius 2 is 1.95 bits per heavy atom. The second-order valence-corrected chi connectivity index (χ2v) is 13.6. The molecule has 4 rings (SSSR count). The molecule has 6 N–H and O–H groups in total. The summed E-state index contributed by atoms with van der Waals surface area (Å²) in [6.45, 7) is 6.21. The van der Waals surface area contributed by atoms with Gasteiger partial charge in [-0.25, -0.2) is 18.5 Å². The van der Waals surface area contributed by atoms with Gasteiger partial charge in [-0.05, 0) is 39.8 Å². The van der Waals surface area contributed by atoms with Gasteiger partial charge in [0.05, 0.1) is 25.3 Å². The van der Waals surface area contributed by atoms with Crippen LogP contribution in [0.1, 0.15) is 33.9 Å². The van der Waals surface area contributed by atoms with Crippen LogP contribution in [0.3, 0.4) is 0 Å². The van der Waals surface area contributed by atoms with Crippen molar-refractivity contribution in [2.75, 3.05) is 30.7 Å². The van der Waals surface area contributed by atoms with Crippen LogP contribution >= 0.6 is 8.53 Å². The summed E-state index contributed by atoms with van der Waals surface area (Å²) < 4.78 is 48.2. The summed E-state index contributed by atoms with van der Waals surface area (Å²) in [6.07, 6.45) is -1.77. The third-order valence-electron chi connectivity index (χ3n) is 6.34. The first-order valence-corrected chi connectivity index (χ1v) is 16.5. The number of aliphatic hydroxyl groups excluding tert-OH is 1. The number of aliphatic hydroxyl groups is 2. The van der Waals surface area contributed by atoms with Crippen LogP contribution in [-0.2, 0) is 28.8 Å². The summed E-state index contributed by atoms with van der Waals surface area (Å²) in [6, 6.07) is 8.01. The van der Waals surface area contributed by atoms with Crippen LogP contribution in [0.2, 0.25) is 0 Å². The molecular formula is C25H37N8O9PS. The van der Waals surface area contributed by atoms with Crippen LogP contribution in [0.4, 0.5) is 11.8 Å². The lowest BCUT2D eigenvalue weighted by Crippen LogP contribution is -2.44. The number of rotatable bonds is 13. The van der Waals surface area contributed by atoms with E-state index in [0.29, 0.717) is 5.75 Å². The van der Waals surface area contributed by atoms with Gasteiger partial charge in [-0.3, -0.25) is 14.4 Å². The highest BCUT2D eigenvalue weighted by Gasteiger charge is 2.54. The molecule has 1 aliphatic rings. The Bertz CT molecular complexity index is 1560. The number of nitrogens with two attached hydrogens (primary N) is 1. The summed E-state index contributed by atoms with van der Waals surface area (Å²) in [4.78, 5) is 27.3. The normalized spacial score (nSPS) is 23.5. The molecule has 0 radical (unpaired) electrons. The van der Waals surface area contributed by atoms with E-state index in [9.17, 15) is 23.4 Å². The maximum Gasteiger partial charge on any atom is 0.323 e. The molecule has 4 unspecified atom stereocenters. The number of para-hydroxylation sites is 1. The van der Waals surface area contributed by atoms with Gasteiger partial charge in [0.25, 0.3) is 0 Å². The van der Waals surface area contributed by atoms with Crippen LogP contribution in [0, 0.1) is 0 Å². The van der Waals surface area contributed by atoms with Gasteiger partial charge in [0.15, 0.2) is 23.2 Å². The Morgan fingerprint density at radius 3 is 2.59 bits per heavy atom. The molecule has 2 aromatic heterocycles. The number of hydrazine groups is 1. The van der Waals surface area contributed by atoms with Crippen molar-refractivity contribution in [1.29, 1.82) is 0 Å². The molecule has 1 fully saturated rings. The SMILES string of the molecule is CC(C)OC(=O)C(C)NP(OCC1OC(n2cnc3c(N(C)NS(C)(=O)=O)nc(N)nc32)[C@](C)(O)[C@@H]1O)Oc1ccccc1. The molecule has 19 heteroatoms. The predicted octanol–water partition coefficient (Wildman–Crippen LogP) is 0.570. The molecule has 3 aromatic rings. The number of nitrogen functional groups attached to an aromatic ring is 1. The zero-order chi connectivity index (χ0) is 32.4. The van der Waals surface area contributed by atoms with Crippen molar-refractivity contribution in [1.82, 2.24) is 29.4 Å². The van der Waals surface area contributed by atoms with E-state index in [4.69, 9.17) is 24.3 Å². The molecule has 0 aliphatic carbocycles. The fourth-order valence-electron chi connectivity index (χ4n) is 4.35. The summed E-state index contributed by atoms with van der Waals surface area (Å²) in [5.41, 5.74) is 4.31. The number of sulfonamides is 1. The fourth-order valence-corrected chi connectivity index (χ4v) is 6.13. The second-order valence-electron chi connectivity index (χ2n) is 10.6. The van der Waals surface area contributed by atoms with Crippen LogP contribution in [-0.4, -0.2) is 94.0 Å². The van der Waals surface area contributed by atoms with Gasteiger partial charge in [0.1, 0.15) is 29.6 Å². The maximum absolute atomic E-state index is 12.4. The molecule has 1 aromatic carbocycles. The molecule has 3 heterocycles. The van der Waals surface area contributed by atoms with Crippen molar-refractivity contribution in [2.24, 2.45) is 0 Å². The number of ether oxygens (including phenoxy) is 2. The summed E-state index contributed by atoms with van der Waals surface area (Å²) in [5.74, 6) is -0.177. The molecule has 44 heavy (non-hydrogen) atoms. The molecule has 17 nitrogen and oxygen atoms in total. The van der Waals surface area contributed by atoms with Gasteiger partial charge in [-0.1, -0.05) is 18.2 Å². The Morgan fingerprint density at radius 1 is 1.27 bits per heavy atom. The van der Waals surface area contributed by atoms with E-state index in [1.165, 1.54) is 24.9 Å². The number of carbonyl (C=O) groups excluding carboxylic acids is 1. The lowest BCUT2D eigenvalue weighted by atomic mass is 9.96. The van der Waals surface area contributed by atoms with Crippen molar-refractivity contribution in [3.05, 3.63) is 36.7 Å². The number of fused-ring (bicyclic) bond motifs is 1. The number of benzene rings is 1. The topological polar surface area (TPSA) is 226 Å². The highest BCUT2D eigenvalue weighted by Crippen LogP contribution is 2.43. The Labute approximate surface area is 255 Å². The van der Waals surface area contributed by atoms with Gasteiger partial charge < -0.3 is 34.5 Å². The highest BCUT2D eigenvalue weighted by molar-refractivity contribution is 7.88. The molecule has 1 saturated heterocycles. The number of hydrogen-bond acceptors (Lipinski definition) is 15. The zero-order valence-corrected chi connectivity index (χ0v) is 26.7. The van der Waals surface area contributed by atoms with E-state index in [2.05, 4.69) is 24.9 Å². The Balaban J connectivity index is 1.55. The number of imidazole rings is 1. The maximum atomic E-state index is 12.4. The van der Waals surface area contributed by atoms with E-state index in [-0.39, 0.29) is 35.6 Å². The van der Waals surface area contributed by atoms with E-state index in [1.807, 2.05) is 6.07 Å². The fraction of sp³-hybridized carbons (Fsp3) is 0.520. The monoisotopic (exact) mass is 656 g/mol. The van der Waals surface area contributed by atoms with E-state index in [1.54, 1.807) is 45.0 Å². The summed E-state index contributed by atoms with van der Waals surface area (Å²) in [7, 11) is -4.20. The smallest absolute Gasteiger partial charge is 0.323 e. The molecule has 6 atom stereocenters. The number of hydrogen-bond donors (Lipinski definition) is 5. The van der Waals surface area contributed by atoms with Crippen LogP contribution in [0.25, 0.3) is 11.2 Å². The van der Waals surface area contributed by atoms with Crippen molar-refractivity contribution < 1.29 is 41.9 Å². The Kier molecular flexibility index (Phi) is 10.3. The number of carbonyl (C=O) groups is 1. The van der Waals surface area contributed by atoms with Gasteiger partial charge in [-0.2, -0.15) is 9.97 Å². The van der Waals surface area contributed by atoms with E-state index >= 15 is 0 Å². The first-order chi connectivity index (χ1) is 20.6. The number of esters is 1. The number of nitrogens with one attached hydrogen (secondary N) is 2. The van der Waals surface area contributed by atoms with Gasteiger partial charge in [-0.15, -0.1) is 4.83 Å². The van der Waals surface area contributed by atoms with Gasteiger partial charge >= 0.3 is 14.5 Å². The molecule has 0 amide bonds. The largest absolute Gasteiger partial charge is 0.462 e. The lowest BCUT2D eigenvalue weighted by Gasteiger charge is -2.27. The molecule has 1 aliphatic heterocycles. The highest BCUT2D eigenvalue weighted by atomic mass is 32.2. The first-order valence-electron chi connectivity index (χ1n) is 13.5. The lowest BCUT2D eigenvalue weighted by molar-refractivity contribution is -0.149. The minimum Gasteiger partial charge on any atom is -0.462 e. The van der Waals surface area contributed by atoms with Gasteiger partial charge in [0.2, 0.25) is 16.0 Å². The van der Waals surface area contributed by atoms with Crippen LogP contribution in [0.15, 0.2) is 36.7 Å². The Hall–Kier alpha value is -3.22. The molecule has 0 saturated carbocycles. The van der Waals surface area contributed by atoms with Gasteiger partial charge in [0, 0.05) is 7.05 Å². The van der Waals surface area contributed by atoms with Crippen molar-refractivity contribution in [2.45, 2.75) is 63.9 Å². The third-order valence-corrected chi connectivity index (χ3v) is 8.30. The summed E-state index contributed by atoms with van der Waals surface area (Å²) in [5, 5.41) is 26.6. The van der Waals surface area contributed by atoms with Crippen molar-refractivity contribution >= 4 is 47.4 Å². The quantitative estimate of drug-likeness (QED) is 0.0963. The van der Waals surface area contributed by atoms with Crippen LogP contribution in [0.5, 0.6) is 5.75 Å².